The van der Waals surface area contributed by atoms with Gasteiger partial charge in [0.05, 0.1) is 4.92 Å². The van der Waals surface area contributed by atoms with Gasteiger partial charge in [-0.15, -0.1) is 0 Å². The van der Waals surface area contributed by atoms with Crippen LogP contribution in [0.5, 0.6) is 0 Å². The molecule has 0 aromatic heterocycles. The highest BCUT2D eigenvalue weighted by Crippen LogP contribution is 2.30. The van der Waals surface area contributed by atoms with Crippen LogP contribution in [0.3, 0.4) is 0 Å². The first-order chi connectivity index (χ1) is 6.99. The Hall–Kier alpha value is -1.93. The van der Waals surface area contributed by atoms with Crippen molar-refractivity contribution in [3.8, 4) is 6.07 Å². The van der Waals surface area contributed by atoms with Gasteiger partial charge in [0.2, 0.25) is 0 Å². The number of nitrogens with zero attached hydrogens (tertiary/aromatic N) is 2. The van der Waals surface area contributed by atoms with E-state index in [1.54, 1.807) is 6.07 Å². The van der Waals surface area contributed by atoms with Crippen molar-refractivity contribution >= 4 is 23.1 Å². The molecule has 1 aromatic carbocycles. The summed E-state index contributed by atoms with van der Waals surface area (Å²) in [6, 6.07) is 4.16. The average molecular weight is 225 g/mol. The first kappa shape index (κ1) is 11.1. The van der Waals surface area contributed by atoms with Crippen LogP contribution in [-0.2, 0) is 0 Å². The number of halogens is 1. The zero-order valence-electron chi connectivity index (χ0n) is 7.65. The van der Waals surface area contributed by atoms with E-state index in [9.17, 15) is 14.9 Å². The predicted octanol–water partition coefficient (Wildman–Crippen LogP) is 2.32. The molecule has 1 rings (SSSR count). The van der Waals surface area contributed by atoms with Crippen LogP contribution in [0.2, 0.25) is 5.02 Å². The number of hydrogen-bond donors (Lipinski definition) is 0. The molecule has 6 heteroatoms. The minimum absolute atomic E-state index is 0.00796. The number of nitro benzene ring substituents is 1. The van der Waals surface area contributed by atoms with Crippen molar-refractivity contribution in [2.45, 2.75) is 6.92 Å². The van der Waals surface area contributed by atoms with Gasteiger partial charge in [-0.05, 0) is 19.1 Å². The average Bonchev–Trinajstić information content (AvgIpc) is 2.15. The zero-order valence-corrected chi connectivity index (χ0v) is 8.41. The number of nitriles is 1. The number of nitro groups is 1. The lowest BCUT2D eigenvalue weighted by atomic mass is 10.0. The number of benzene rings is 1. The van der Waals surface area contributed by atoms with Crippen molar-refractivity contribution in [3.63, 3.8) is 0 Å². The van der Waals surface area contributed by atoms with Crippen molar-refractivity contribution < 1.29 is 9.72 Å². The SMILES string of the molecule is CC(=O)c1ccc(Cl)c([N+](=O)[O-])c1C#N. The third-order valence-corrected chi connectivity index (χ3v) is 2.11. The number of ketones is 1. The molecule has 0 fully saturated rings. The Labute approximate surface area is 90.0 Å². The third-order valence-electron chi connectivity index (χ3n) is 1.80. The molecule has 1 aromatic rings. The topological polar surface area (TPSA) is 84.0 Å². The van der Waals surface area contributed by atoms with Gasteiger partial charge < -0.3 is 0 Å². The molecule has 0 spiro atoms. The summed E-state index contributed by atoms with van der Waals surface area (Å²) in [5.41, 5.74) is -0.805. The molecule has 0 aliphatic heterocycles. The molecule has 0 aliphatic carbocycles. The second-order valence-electron chi connectivity index (χ2n) is 2.74. The van der Waals surface area contributed by atoms with Gasteiger partial charge in [-0.3, -0.25) is 14.9 Å². The van der Waals surface area contributed by atoms with Crippen molar-refractivity contribution in [1.29, 1.82) is 5.26 Å². The van der Waals surface area contributed by atoms with E-state index in [1.807, 2.05) is 0 Å². The van der Waals surface area contributed by atoms with E-state index in [0.717, 1.165) is 0 Å². The molecule has 0 amide bonds. The molecule has 0 saturated heterocycles. The number of carbonyl (C=O) groups excluding carboxylic acids is 1. The molecule has 0 heterocycles. The molecule has 0 saturated carbocycles. The summed E-state index contributed by atoms with van der Waals surface area (Å²) in [4.78, 5) is 21.0. The fourth-order valence-electron chi connectivity index (χ4n) is 1.15. The Morgan fingerprint density at radius 1 is 1.60 bits per heavy atom. The molecule has 0 bridgehead atoms. The normalized spacial score (nSPS) is 9.40. The lowest BCUT2D eigenvalue weighted by Gasteiger charge is -2.01. The van der Waals surface area contributed by atoms with E-state index in [0.29, 0.717) is 0 Å². The summed E-state index contributed by atoms with van der Waals surface area (Å²) in [6.07, 6.45) is 0. The van der Waals surface area contributed by atoms with Crippen LogP contribution >= 0.6 is 11.6 Å². The first-order valence-corrected chi connectivity index (χ1v) is 4.24. The standard InChI is InChI=1S/C9H5ClN2O3/c1-5(13)6-2-3-8(10)9(12(14)15)7(6)4-11/h2-3H,1H3. The quantitative estimate of drug-likeness (QED) is 0.438. The van der Waals surface area contributed by atoms with Crippen LogP contribution in [0, 0.1) is 21.4 Å². The number of hydrogen-bond acceptors (Lipinski definition) is 4. The maximum atomic E-state index is 11.1. The summed E-state index contributed by atoms with van der Waals surface area (Å²) in [5, 5.41) is 19.2. The van der Waals surface area contributed by atoms with Gasteiger partial charge in [-0.2, -0.15) is 5.26 Å². The van der Waals surface area contributed by atoms with Gasteiger partial charge in [0, 0.05) is 5.56 Å². The van der Waals surface area contributed by atoms with Crippen LogP contribution in [0.4, 0.5) is 5.69 Å². The van der Waals surface area contributed by atoms with Crippen LogP contribution < -0.4 is 0 Å². The fourth-order valence-corrected chi connectivity index (χ4v) is 1.38. The molecular formula is C9H5ClN2O3. The van der Waals surface area contributed by atoms with Crippen molar-refractivity contribution in [2.24, 2.45) is 0 Å². The predicted molar refractivity (Wildman–Crippen MR) is 52.8 cm³/mol. The molecule has 0 aliphatic rings. The summed E-state index contributed by atoms with van der Waals surface area (Å²) in [5.74, 6) is -0.411. The van der Waals surface area contributed by atoms with Gasteiger partial charge in [-0.1, -0.05) is 11.6 Å². The van der Waals surface area contributed by atoms with E-state index >= 15 is 0 Å². The maximum absolute atomic E-state index is 11.1. The largest absolute Gasteiger partial charge is 0.306 e. The molecule has 76 valence electrons. The Bertz CT molecular complexity index is 491. The monoisotopic (exact) mass is 224 g/mol. The highest BCUT2D eigenvalue weighted by Gasteiger charge is 2.23. The summed E-state index contributed by atoms with van der Waals surface area (Å²) >= 11 is 5.58. The van der Waals surface area contributed by atoms with Crippen LogP contribution in [0.1, 0.15) is 22.8 Å². The molecule has 0 radical (unpaired) electrons. The van der Waals surface area contributed by atoms with E-state index in [2.05, 4.69) is 0 Å². The van der Waals surface area contributed by atoms with Gasteiger partial charge >= 0.3 is 5.69 Å². The van der Waals surface area contributed by atoms with Crippen molar-refractivity contribution in [3.05, 3.63) is 38.4 Å². The molecule has 5 nitrogen and oxygen atoms in total. The van der Waals surface area contributed by atoms with Gasteiger partial charge in [0.25, 0.3) is 0 Å². The highest BCUT2D eigenvalue weighted by atomic mass is 35.5. The lowest BCUT2D eigenvalue weighted by Crippen LogP contribution is -2.02. The Kier molecular flexibility index (Phi) is 3.02. The van der Waals surface area contributed by atoms with E-state index in [1.165, 1.54) is 19.1 Å². The first-order valence-electron chi connectivity index (χ1n) is 3.87. The van der Waals surface area contributed by atoms with Crippen LogP contribution in [-0.4, -0.2) is 10.7 Å². The second kappa shape index (κ2) is 4.07. The fraction of sp³-hybridized carbons (Fsp3) is 0.111. The highest BCUT2D eigenvalue weighted by molar-refractivity contribution is 6.33. The number of carbonyl (C=O) groups is 1. The van der Waals surface area contributed by atoms with E-state index in [4.69, 9.17) is 16.9 Å². The minimum atomic E-state index is -0.771. The van der Waals surface area contributed by atoms with E-state index in [-0.39, 0.29) is 16.1 Å². The second-order valence-corrected chi connectivity index (χ2v) is 3.15. The minimum Gasteiger partial charge on any atom is -0.294 e. The van der Waals surface area contributed by atoms with Gasteiger partial charge in [0.1, 0.15) is 16.7 Å². The Morgan fingerprint density at radius 2 is 2.20 bits per heavy atom. The molecule has 0 unspecified atom stereocenters. The number of Topliss-reactive ketones (excluding diaryl/α,β-unsaturated/α-hetero) is 1. The maximum Gasteiger partial charge on any atom is 0.306 e. The lowest BCUT2D eigenvalue weighted by molar-refractivity contribution is -0.385. The van der Waals surface area contributed by atoms with E-state index < -0.39 is 16.4 Å². The third kappa shape index (κ3) is 1.95. The zero-order chi connectivity index (χ0) is 11.6. The summed E-state index contributed by atoms with van der Waals surface area (Å²) in [6.45, 7) is 1.23. The van der Waals surface area contributed by atoms with Crippen molar-refractivity contribution in [1.82, 2.24) is 0 Å². The van der Waals surface area contributed by atoms with Gasteiger partial charge in [-0.25, -0.2) is 0 Å². The molecule has 0 atom stereocenters. The van der Waals surface area contributed by atoms with Crippen LogP contribution in [0.25, 0.3) is 0 Å². The smallest absolute Gasteiger partial charge is 0.294 e. The molecule has 0 N–H and O–H groups in total. The Morgan fingerprint density at radius 3 is 2.60 bits per heavy atom. The van der Waals surface area contributed by atoms with Gasteiger partial charge in [0.15, 0.2) is 5.78 Å². The molecule has 15 heavy (non-hydrogen) atoms. The van der Waals surface area contributed by atoms with Crippen LogP contribution in [0.15, 0.2) is 12.1 Å². The van der Waals surface area contributed by atoms with Crippen molar-refractivity contribution in [2.75, 3.05) is 0 Å². The molecular weight excluding hydrogens is 220 g/mol. The number of rotatable bonds is 2. The Balaban J connectivity index is 3.64. The summed E-state index contributed by atoms with van der Waals surface area (Å²) < 4.78 is 0. The summed E-state index contributed by atoms with van der Waals surface area (Å²) in [7, 11) is 0.